The molecule has 8 heteroatoms. The first-order chi connectivity index (χ1) is 26.7. The van der Waals surface area contributed by atoms with E-state index in [1.165, 1.54) is 36.8 Å². The van der Waals surface area contributed by atoms with Crippen LogP contribution in [0.5, 0.6) is 0 Å². The van der Waals surface area contributed by atoms with Crippen LogP contribution < -0.4 is 0 Å². The van der Waals surface area contributed by atoms with E-state index in [1.807, 2.05) is 0 Å². The average Bonchev–Trinajstić information content (AvgIpc) is 3.19. The zero-order chi connectivity index (χ0) is 39.5. The Morgan fingerprint density at radius 1 is 0.800 bits per heavy atom. The van der Waals surface area contributed by atoms with Crippen molar-refractivity contribution in [2.75, 3.05) is 13.2 Å². The van der Waals surface area contributed by atoms with Gasteiger partial charge in [-0.3, -0.25) is 14.4 Å². The molecule has 0 radical (unpaired) electrons. The maximum Gasteiger partial charge on any atom is 0.330 e. The van der Waals surface area contributed by atoms with Crippen molar-refractivity contribution in [3.63, 3.8) is 0 Å². The molecule has 0 aliphatic heterocycles. The number of benzene rings is 1. The zero-order valence-corrected chi connectivity index (χ0v) is 34.2. The number of esters is 3. The van der Waals surface area contributed by atoms with E-state index in [1.54, 1.807) is 0 Å². The van der Waals surface area contributed by atoms with Gasteiger partial charge < -0.3 is 19.3 Å². The van der Waals surface area contributed by atoms with E-state index in [0.29, 0.717) is 38.4 Å². The van der Waals surface area contributed by atoms with Crippen LogP contribution in [0.4, 0.5) is 0 Å². The minimum atomic E-state index is -0.821. The van der Waals surface area contributed by atoms with Gasteiger partial charge in [0.15, 0.2) is 0 Å². The highest BCUT2D eigenvalue weighted by molar-refractivity contribution is 5.81. The smallest absolute Gasteiger partial charge is 0.330 e. The molecular weight excluding hydrogens is 693 g/mol. The molecule has 3 aliphatic carbocycles. The minimum Gasteiger partial charge on any atom is -0.481 e. The summed E-state index contributed by atoms with van der Waals surface area (Å²) in [5.41, 5.74) is 2.50. The Morgan fingerprint density at radius 2 is 1.47 bits per heavy atom. The van der Waals surface area contributed by atoms with E-state index in [4.69, 9.17) is 14.2 Å². The first-order valence-corrected chi connectivity index (χ1v) is 22.2. The Hall–Kier alpha value is -3.16. The molecule has 1 aromatic rings. The maximum absolute atomic E-state index is 13.2. The fraction of sp³-hybridized carbons (Fsp3) is 0.745. The van der Waals surface area contributed by atoms with Crippen molar-refractivity contribution in [3.8, 4) is 0 Å². The van der Waals surface area contributed by atoms with E-state index in [-0.39, 0.29) is 41.7 Å². The molecule has 8 nitrogen and oxygen atoms in total. The van der Waals surface area contributed by atoms with Crippen LogP contribution >= 0.6 is 0 Å². The van der Waals surface area contributed by atoms with Crippen LogP contribution in [0.15, 0.2) is 36.9 Å². The molecule has 3 aliphatic rings. The summed E-state index contributed by atoms with van der Waals surface area (Å²) in [6, 6.07) is 8.82. The molecule has 0 spiro atoms. The van der Waals surface area contributed by atoms with Crippen molar-refractivity contribution < 1.29 is 38.5 Å². The lowest BCUT2D eigenvalue weighted by atomic mass is 9.58. The van der Waals surface area contributed by atoms with Gasteiger partial charge in [-0.25, -0.2) is 4.79 Å². The second-order valence-corrected chi connectivity index (χ2v) is 17.1. The summed E-state index contributed by atoms with van der Waals surface area (Å²) >= 11 is 0. The van der Waals surface area contributed by atoms with Gasteiger partial charge in [0, 0.05) is 12.5 Å². The summed E-state index contributed by atoms with van der Waals surface area (Å²) in [6.07, 6.45) is 23.8. The fourth-order valence-corrected chi connectivity index (χ4v) is 9.98. The lowest BCUT2D eigenvalue weighted by Crippen LogP contribution is -2.42. The second kappa shape index (κ2) is 23.8. The molecule has 3 saturated carbocycles. The largest absolute Gasteiger partial charge is 0.481 e. The number of aliphatic carboxylic acids is 1. The van der Waals surface area contributed by atoms with Gasteiger partial charge >= 0.3 is 23.9 Å². The van der Waals surface area contributed by atoms with Crippen molar-refractivity contribution in [2.45, 2.75) is 185 Å². The molecule has 0 aromatic heterocycles. The van der Waals surface area contributed by atoms with Crippen molar-refractivity contribution >= 4 is 23.9 Å². The predicted octanol–water partition coefficient (Wildman–Crippen LogP) is 11.2. The highest BCUT2D eigenvalue weighted by Crippen LogP contribution is 2.52. The number of carbonyl (C=O) groups is 4. The van der Waals surface area contributed by atoms with Gasteiger partial charge in [0.1, 0.15) is 6.10 Å². The van der Waals surface area contributed by atoms with Gasteiger partial charge in [-0.1, -0.05) is 89.6 Å². The third-order valence-corrected chi connectivity index (χ3v) is 13.2. The summed E-state index contributed by atoms with van der Waals surface area (Å²) in [6.45, 7) is 8.51. The number of rotatable bonds is 23. The van der Waals surface area contributed by atoms with E-state index >= 15 is 0 Å². The quantitative estimate of drug-likeness (QED) is 0.0507. The van der Waals surface area contributed by atoms with E-state index in [9.17, 15) is 24.3 Å². The Kier molecular flexibility index (Phi) is 19.3. The third-order valence-electron chi connectivity index (χ3n) is 13.2. The van der Waals surface area contributed by atoms with E-state index in [2.05, 4.69) is 44.7 Å². The molecule has 1 aromatic carbocycles. The van der Waals surface area contributed by atoms with E-state index in [0.717, 1.165) is 115 Å². The molecule has 0 bridgehead atoms. The highest BCUT2D eigenvalue weighted by Gasteiger charge is 2.46. The lowest BCUT2D eigenvalue weighted by Gasteiger charge is -2.46. The lowest BCUT2D eigenvalue weighted by molar-refractivity contribution is -0.157. The number of carboxylic acids is 1. The number of unbranched alkanes of at least 4 members (excludes halogenated alkanes) is 7. The van der Waals surface area contributed by atoms with Gasteiger partial charge in [0.05, 0.1) is 25.0 Å². The summed E-state index contributed by atoms with van der Waals surface area (Å²) in [7, 11) is 0. The molecule has 3 fully saturated rings. The Bertz CT molecular complexity index is 1340. The third kappa shape index (κ3) is 14.1. The molecule has 1 N–H and O–H groups in total. The Balaban J connectivity index is 1.35. The molecule has 0 amide bonds. The van der Waals surface area contributed by atoms with Crippen molar-refractivity contribution in [3.05, 3.63) is 48.0 Å². The maximum atomic E-state index is 13.2. The molecule has 55 heavy (non-hydrogen) atoms. The standard InChI is InChI=1S/C47H72O8/c1-4-7-11-17-35-20-22-37(23-21-35)46(52)55-39-26-24-36(25-27-39)40-18-12-13-19-42(40)47(29-14-8-5-2)30-28-41(45(50)51)38(34-47)33-44(49)54-32-16-10-9-15-31-53-43(48)6-3/h6,12-13,18-19,35-39,41H,3-5,7-11,14-17,20-34H2,1-2H3,(H,50,51). The number of hydrogen-bond donors (Lipinski definition) is 1. The van der Waals surface area contributed by atoms with E-state index < -0.39 is 17.9 Å². The predicted molar refractivity (Wildman–Crippen MR) is 217 cm³/mol. The molecule has 4 rings (SSSR count). The van der Waals surface area contributed by atoms with Crippen LogP contribution in [0.25, 0.3) is 0 Å². The first kappa shape index (κ1) is 44.6. The monoisotopic (exact) mass is 765 g/mol. The zero-order valence-electron chi connectivity index (χ0n) is 34.2. The molecule has 0 saturated heterocycles. The topological polar surface area (TPSA) is 116 Å². The van der Waals surface area contributed by atoms with Gasteiger partial charge in [-0.15, -0.1) is 0 Å². The van der Waals surface area contributed by atoms with Crippen LogP contribution in [0.3, 0.4) is 0 Å². The molecular formula is C47H72O8. The van der Waals surface area contributed by atoms with Crippen LogP contribution in [-0.4, -0.2) is 48.3 Å². The normalized spacial score (nSPS) is 26.8. The highest BCUT2D eigenvalue weighted by atomic mass is 16.5. The minimum absolute atomic E-state index is 0.0138. The number of hydrogen-bond acceptors (Lipinski definition) is 7. The number of carboxylic acid groups (broad SMARTS) is 1. The summed E-state index contributed by atoms with van der Waals surface area (Å²) < 4.78 is 16.8. The van der Waals surface area contributed by atoms with Crippen molar-refractivity contribution in [1.29, 1.82) is 0 Å². The van der Waals surface area contributed by atoms with Crippen molar-refractivity contribution in [1.82, 2.24) is 0 Å². The van der Waals surface area contributed by atoms with Gasteiger partial charge in [-0.2, -0.15) is 0 Å². The van der Waals surface area contributed by atoms with Gasteiger partial charge in [0.2, 0.25) is 0 Å². The molecule has 3 unspecified atom stereocenters. The van der Waals surface area contributed by atoms with Crippen LogP contribution in [0.1, 0.15) is 185 Å². The fourth-order valence-electron chi connectivity index (χ4n) is 9.98. The molecule has 308 valence electrons. The Morgan fingerprint density at radius 3 is 2.15 bits per heavy atom. The molecule has 0 heterocycles. The summed E-state index contributed by atoms with van der Waals surface area (Å²) in [5.74, 6) is -1.21. The van der Waals surface area contributed by atoms with Crippen LogP contribution in [0.2, 0.25) is 0 Å². The average molecular weight is 765 g/mol. The summed E-state index contributed by atoms with van der Waals surface area (Å²) in [5, 5.41) is 10.3. The number of carbonyl (C=O) groups excluding carboxylic acids is 3. The van der Waals surface area contributed by atoms with Crippen LogP contribution in [0, 0.1) is 23.7 Å². The molecule has 3 atom stereocenters. The Labute approximate surface area is 331 Å². The SMILES string of the molecule is C=CC(=O)OCCCCCCOC(=O)CC1CC(CCCCC)(c2ccccc2C2CCC(OC(=O)C3CCC(CCCCC)CC3)CC2)CCC1C(=O)O. The van der Waals surface area contributed by atoms with Gasteiger partial charge in [0.25, 0.3) is 0 Å². The summed E-state index contributed by atoms with van der Waals surface area (Å²) in [4.78, 5) is 50.2. The number of ether oxygens (including phenoxy) is 3. The van der Waals surface area contributed by atoms with Gasteiger partial charge in [-0.05, 0) is 137 Å². The first-order valence-electron chi connectivity index (χ1n) is 22.2. The van der Waals surface area contributed by atoms with Crippen molar-refractivity contribution in [2.24, 2.45) is 23.7 Å². The second-order valence-electron chi connectivity index (χ2n) is 17.1. The van der Waals surface area contributed by atoms with Crippen LogP contribution in [-0.2, 0) is 38.8 Å².